The molecule has 1 amide bonds. The molecule has 0 aliphatic carbocycles. The van der Waals surface area contributed by atoms with E-state index in [1.807, 2.05) is 49.7 Å². The van der Waals surface area contributed by atoms with Crippen molar-refractivity contribution in [2.75, 3.05) is 5.32 Å². The molecule has 1 N–H and O–H groups in total. The number of anilines is 1. The third-order valence-corrected chi connectivity index (χ3v) is 4.90. The number of unbranched alkanes of at least 4 members (excludes halogenated alkanes) is 1. The van der Waals surface area contributed by atoms with Gasteiger partial charge in [-0.15, -0.1) is 0 Å². The Labute approximate surface area is 158 Å². The second-order valence-corrected chi connectivity index (χ2v) is 6.95. The van der Waals surface area contributed by atoms with E-state index in [-0.39, 0.29) is 5.91 Å². The van der Waals surface area contributed by atoms with Crippen LogP contribution in [0.25, 0.3) is 11.0 Å². The van der Waals surface area contributed by atoms with Crippen LogP contribution in [0, 0.1) is 20.8 Å². The first-order chi connectivity index (χ1) is 12.4. The molecule has 5 nitrogen and oxygen atoms in total. The van der Waals surface area contributed by atoms with Gasteiger partial charge in [0, 0.05) is 22.9 Å². The summed E-state index contributed by atoms with van der Waals surface area (Å²) in [6, 6.07) is 7.30. The number of rotatable bonds is 5. The highest BCUT2D eigenvalue weighted by Crippen LogP contribution is 2.26. The van der Waals surface area contributed by atoms with E-state index in [9.17, 15) is 4.79 Å². The van der Waals surface area contributed by atoms with Crippen molar-refractivity contribution in [3.8, 4) is 0 Å². The smallest absolute Gasteiger partial charge is 0.256 e. The van der Waals surface area contributed by atoms with E-state index in [4.69, 9.17) is 11.6 Å². The summed E-state index contributed by atoms with van der Waals surface area (Å²) in [5, 5.41) is 9.02. The molecule has 0 aliphatic heterocycles. The van der Waals surface area contributed by atoms with Gasteiger partial charge in [-0.3, -0.25) is 4.79 Å². The van der Waals surface area contributed by atoms with Crippen LogP contribution in [0.3, 0.4) is 0 Å². The second kappa shape index (κ2) is 7.46. The number of hydrogen-bond acceptors (Lipinski definition) is 3. The van der Waals surface area contributed by atoms with Gasteiger partial charge in [-0.1, -0.05) is 31.0 Å². The molecule has 3 rings (SSSR count). The molecule has 2 heterocycles. The van der Waals surface area contributed by atoms with Crippen LogP contribution in [-0.4, -0.2) is 20.7 Å². The average Bonchev–Trinajstić information content (AvgIpc) is 2.92. The van der Waals surface area contributed by atoms with Crippen LogP contribution >= 0.6 is 11.6 Å². The van der Waals surface area contributed by atoms with Crippen LogP contribution in [-0.2, 0) is 6.54 Å². The van der Waals surface area contributed by atoms with E-state index >= 15 is 0 Å². The van der Waals surface area contributed by atoms with Crippen LogP contribution in [0.1, 0.15) is 47.1 Å². The molecule has 0 saturated heterocycles. The molecule has 26 heavy (non-hydrogen) atoms. The first-order valence-corrected chi connectivity index (χ1v) is 9.21. The molecule has 6 heteroatoms. The van der Waals surface area contributed by atoms with Gasteiger partial charge in [0.25, 0.3) is 5.91 Å². The number of carbonyl (C=O) groups is 1. The molecule has 2 aromatic heterocycles. The Morgan fingerprint density at radius 2 is 2.04 bits per heavy atom. The predicted molar refractivity (Wildman–Crippen MR) is 106 cm³/mol. The van der Waals surface area contributed by atoms with E-state index < -0.39 is 0 Å². The molecule has 0 fully saturated rings. The number of amides is 1. The zero-order valence-corrected chi connectivity index (χ0v) is 16.3. The normalized spacial score (nSPS) is 11.1. The number of aromatic nitrogens is 3. The van der Waals surface area contributed by atoms with Gasteiger partial charge in [0.15, 0.2) is 5.65 Å². The lowest BCUT2D eigenvalue weighted by molar-refractivity contribution is 0.102. The van der Waals surface area contributed by atoms with Crippen molar-refractivity contribution in [1.29, 1.82) is 0 Å². The lowest BCUT2D eigenvalue weighted by Gasteiger charge is -2.11. The van der Waals surface area contributed by atoms with E-state index in [1.165, 1.54) is 0 Å². The number of hydrogen-bond donors (Lipinski definition) is 1. The molecule has 3 aromatic rings. The Bertz CT molecular complexity index is 978. The molecule has 1 aromatic carbocycles. The number of nitrogens with one attached hydrogen (secondary N) is 1. The van der Waals surface area contributed by atoms with Gasteiger partial charge in [-0.25, -0.2) is 9.67 Å². The summed E-state index contributed by atoms with van der Waals surface area (Å²) >= 11 is 6.17. The molecule has 0 saturated carbocycles. The molecule has 0 spiro atoms. The largest absolute Gasteiger partial charge is 0.322 e. The van der Waals surface area contributed by atoms with Crippen LogP contribution in [0.5, 0.6) is 0 Å². The van der Waals surface area contributed by atoms with Crippen molar-refractivity contribution in [3.05, 3.63) is 51.8 Å². The molecular weight excluding hydrogens is 348 g/mol. The quantitative estimate of drug-likeness (QED) is 0.682. The Balaban J connectivity index is 2.05. The van der Waals surface area contributed by atoms with E-state index in [0.717, 1.165) is 47.4 Å². The maximum atomic E-state index is 13.0. The van der Waals surface area contributed by atoms with Crippen LogP contribution in [0.15, 0.2) is 24.3 Å². The summed E-state index contributed by atoms with van der Waals surface area (Å²) < 4.78 is 1.91. The maximum Gasteiger partial charge on any atom is 0.256 e. The van der Waals surface area contributed by atoms with Gasteiger partial charge >= 0.3 is 0 Å². The van der Waals surface area contributed by atoms with Gasteiger partial charge in [0.2, 0.25) is 0 Å². The average molecular weight is 371 g/mol. The Morgan fingerprint density at radius 1 is 1.27 bits per heavy atom. The minimum absolute atomic E-state index is 0.177. The van der Waals surface area contributed by atoms with Crippen molar-refractivity contribution < 1.29 is 4.79 Å². The van der Waals surface area contributed by atoms with E-state index in [1.54, 1.807) is 0 Å². The number of nitrogens with zero attached hydrogens (tertiary/aromatic N) is 3. The third-order valence-electron chi connectivity index (χ3n) is 4.49. The standard InChI is InChI=1S/C20H23ClN4O/c1-5-6-10-25-19-18(14(4)24-25)15(11-12(2)22-19)20(26)23-17-9-7-8-16(21)13(17)3/h7-9,11H,5-6,10H2,1-4H3,(H,23,26). The summed E-state index contributed by atoms with van der Waals surface area (Å²) in [5.74, 6) is -0.177. The van der Waals surface area contributed by atoms with Crippen LogP contribution in [0.2, 0.25) is 5.02 Å². The van der Waals surface area contributed by atoms with Crippen molar-refractivity contribution in [1.82, 2.24) is 14.8 Å². The van der Waals surface area contributed by atoms with Gasteiger partial charge < -0.3 is 5.32 Å². The number of aryl methyl sites for hydroxylation is 3. The fraction of sp³-hybridized carbons (Fsp3) is 0.350. The van der Waals surface area contributed by atoms with E-state index in [2.05, 4.69) is 22.3 Å². The second-order valence-electron chi connectivity index (χ2n) is 6.54. The van der Waals surface area contributed by atoms with Gasteiger partial charge in [-0.05, 0) is 51.0 Å². The molecule has 0 unspecified atom stereocenters. The highest BCUT2D eigenvalue weighted by molar-refractivity contribution is 6.31. The van der Waals surface area contributed by atoms with Crippen LogP contribution < -0.4 is 5.32 Å². The lowest BCUT2D eigenvalue weighted by atomic mass is 10.1. The minimum atomic E-state index is -0.177. The zero-order chi connectivity index (χ0) is 18.8. The van der Waals surface area contributed by atoms with Gasteiger partial charge in [0.1, 0.15) is 0 Å². The number of fused-ring (bicyclic) bond motifs is 1. The lowest BCUT2D eigenvalue weighted by Crippen LogP contribution is -2.14. The van der Waals surface area contributed by atoms with Gasteiger partial charge in [-0.2, -0.15) is 5.10 Å². The molecule has 0 radical (unpaired) electrons. The minimum Gasteiger partial charge on any atom is -0.322 e. The predicted octanol–water partition coefficient (Wildman–Crippen LogP) is 5.06. The summed E-state index contributed by atoms with van der Waals surface area (Å²) in [5.41, 5.74) is 4.52. The fourth-order valence-corrected chi connectivity index (χ4v) is 3.23. The van der Waals surface area contributed by atoms with Crippen molar-refractivity contribution >= 4 is 34.2 Å². The highest BCUT2D eigenvalue weighted by Gasteiger charge is 2.19. The van der Waals surface area contributed by atoms with E-state index in [0.29, 0.717) is 16.3 Å². The number of benzene rings is 1. The monoisotopic (exact) mass is 370 g/mol. The molecule has 0 bridgehead atoms. The Kier molecular flexibility index (Phi) is 5.28. The van der Waals surface area contributed by atoms with Crippen molar-refractivity contribution in [3.63, 3.8) is 0 Å². The van der Waals surface area contributed by atoms with Gasteiger partial charge in [0.05, 0.1) is 16.6 Å². The summed E-state index contributed by atoms with van der Waals surface area (Å²) in [7, 11) is 0. The molecule has 136 valence electrons. The topological polar surface area (TPSA) is 59.8 Å². The third kappa shape index (κ3) is 3.44. The molecular formula is C20H23ClN4O. The summed E-state index contributed by atoms with van der Waals surface area (Å²) in [6.07, 6.45) is 2.10. The SMILES string of the molecule is CCCCn1nc(C)c2c(C(=O)Nc3cccc(Cl)c3C)cc(C)nc21. The summed E-state index contributed by atoms with van der Waals surface area (Å²) in [6.45, 7) is 8.64. The van der Waals surface area contributed by atoms with Crippen molar-refractivity contribution in [2.45, 2.75) is 47.1 Å². The zero-order valence-electron chi connectivity index (χ0n) is 15.6. The highest BCUT2D eigenvalue weighted by atomic mass is 35.5. The fourth-order valence-electron chi connectivity index (χ4n) is 3.05. The first kappa shape index (κ1) is 18.4. The first-order valence-electron chi connectivity index (χ1n) is 8.83. The summed E-state index contributed by atoms with van der Waals surface area (Å²) in [4.78, 5) is 17.6. The van der Waals surface area contributed by atoms with Crippen LogP contribution in [0.4, 0.5) is 5.69 Å². The number of carbonyl (C=O) groups excluding carboxylic acids is 1. The number of halogens is 1. The van der Waals surface area contributed by atoms with Crippen molar-refractivity contribution in [2.24, 2.45) is 0 Å². The maximum absolute atomic E-state index is 13.0. The molecule has 0 aliphatic rings. The Morgan fingerprint density at radius 3 is 2.77 bits per heavy atom. The number of pyridine rings is 1. The Hall–Kier alpha value is -2.40. The molecule has 0 atom stereocenters.